The Balaban J connectivity index is 1.50. The molecule has 2 fully saturated rings. The van der Waals surface area contributed by atoms with E-state index in [0.29, 0.717) is 6.04 Å². The zero-order valence-corrected chi connectivity index (χ0v) is 10.3. The lowest BCUT2D eigenvalue weighted by atomic mass is 9.80. The number of aromatic nitrogens is 2. The maximum Gasteiger partial charge on any atom is 0.124 e. The predicted octanol–water partition coefficient (Wildman–Crippen LogP) is 0.437. The minimum absolute atomic E-state index is 0.541. The molecule has 1 aliphatic heterocycles. The molecule has 94 valence electrons. The van der Waals surface area contributed by atoms with Crippen LogP contribution in [-0.4, -0.2) is 42.5 Å². The summed E-state index contributed by atoms with van der Waals surface area (Å²) in [5.41, 5.74) is 0. The molecule has 5 heteroatoms. The van der Waals surface area contributed by atoms with Gasteiger partial charge in [-0.1, -0.05) is 0 Å². The van der Waals surface area contributed by atoms with E-state index in [4.69, 9.17) is 0 Å². The van der Waals surface area contributed by atoms with Gasteiger partial charge in [0.05, 0.1) is 12.2 Å². The van der Waals surface area contributed by atoms with Crippen LogP contribution in [0.2, 0.25) is 0 Å². The lowest BCUT2D eigenvalue weighted by Gasteiger charge is -2.35. The standard InChI is InChI=1S/C12H21N5/c1-13-10-4-9(5-10)6-15-12-2-3-16-17(12)11-7-14-8-11/h2-3,9-11,13-15H,4-8H2,1H3. The van der Waals surface area contributed by atoms with E-state index >= 15 is 0 Å². The fourth-order valence-corrected chi connectivity index (χ4v) is 2.58. The summed E-state index contributed by atoms with van der Waals surface area (Å²) >= 11 is 0. The van der Waals surface area contributed by atoms with Gasteiger partial charge in [-0.3, -0.25) is 0 Å². The highest BCUT2D eigenvalue weighted by molar-refractivity contribution is 5.35. The van der Waals surface area contributed by atoms with E-state index in [9.17, 15) is 0 Å². The molecule has 0 unspecified atom stereocenters. The Morgan fingerprint density at radius 1 is 1.47 bits per heavy atom. The highest BCUT2D eigenvalue weighted by atomic mass is 15.4. The van der Waals surface area contributed by atoms with Gasteiger partial charge in [0.25, 0.3) is 0 Å². The highest BCUT2D eigenvalue weighted by Crippen LogP contribution is 2.27. The summed E-state index contributed by atoms with van der Waals surface area (Å²) in [7, 11) is 2.05. The predicted molar refractivity (Wildman–Crippen MR) is 68.2 cm³/mol. The summed E-state index contributed by atoms with van der Waals surface area (Å²) in [6, 6.07) is 3.36. The van der Waals surface area contributed by atoms with Crippen molar-refractivity contribution >= 4 is 5.82 Å². The average molecular weight is 235 g/mol. The minimum Gasteiger partial charge on any atom is -0.370 e. The zero-order valence-electron chi connectivity index (χ0n) is 10.3. The zero-order chi connectivity index (χ0) is 11.7. The molecule has 1 saturated carbocycles. The van der Waals surface area contributed by atoms with Gasteiger partial charge >= 0.3 is 0 Å². The summed E-state index contributed by atoms with van der Waals surface area (Å²) in [5, 5.41) is 14.5. The first-order chi connectivity index (χ1) is 8.36. The monoisotopic (exact) mass is 235 g/mol. The second-order valence-electron chi connectivity index (χ2n) is 5.18. The van der Waals surface area contributed by atoms with Crippen molar-refractivity contribution in [2.24, 2.45) is 5.92 Å². The molecule has 3 N–H and O–H groups in total. The van der Waals surface area contributed by atoms with Gasteiger partial charge in [0.15, 0.2) is 0 Å². The molecule has 0 radical (unpaired) electrons. The normalized spacial score (nSPS) is 28.5. The molecule has 1 saturated heterocycles. The topological polar surface area (TPSA) is 53.9 Å². The Kier molecular flexibility index (Phi) is 3.03. The second kappa shape index (κ2) is 4.66. The number of hydrogen-bond acceptors (Lipinski definition) is 4. The molecule has 0 bridgehead atoms. The van der Waals surface area contributed by atoms with Gasteiger partial charge in [0.1, 0.15) is 5.82 Å². The number of nitrogens with zero attached hydrogens (tertiary/aromatic N) is 2. The molecular weight excluding hydrogens is 214 g/mol. The summed E-state index contributed by atoms with van der Waals surface area (Å²) < 4.78 is 2.12. The van der Waals surface area contributed by atoms with E-state index in [2.05, 4.69) is 31.8 Å². The van der Waals surface area contributed by atoms with Crippen LogP contribution in [0.5, 0.6) is 0 Å². The summed E-state index contributed by atoms with van der Waals surface area (Å²) in [6.45, 7) is 3.16. The van der Waals surface area contributed by atoms with Crippen molar-refractivity contribution in [3.63, 3.8) is 0 Å². The molecule has 2 heterocycles. The second-order valence-corrected chi connectivity index (χ2v) is 5.18. The van der Waals surface area contributed by atoms with Crippen LogP contribution >= 0.6 is 0 Å². The maximum absolute atomic E-state index is 4.39. The van der Waals surface area contributed by atoms with Crippen LogP contribution < -0.4 is 16.0 Å². The lowest BCUT2D eigenvalue weighted by Crippen LogP contribution is -2.44. The quantitative estimate of drug-likeness (QED) is 0.693. The van der Waals surface area contributed by atoms with E-state index in [-0.39, 0.29) is 0 Å². The molecule has 0 amide bonds. The fraction of sp³-hybridized carbons (Fsp3) is 0.750. The van der Waals surface area contributed by atoms with Crippen molar-refractivity contribution in [2.75, 3.05) is 32.0 Å². The molecule has 3 rings (SSSR count). The Labute approximate surface area is 102 Å². The van der Waals surface area contributed by atoms with E-state index in [1.807, 2.05) is 13.2 Å². The number of nitrogens with one attached hydrogen (secondary N) is 3. The van der Waals surface area contributed by atoms with Crippen molar-refractivity contribution in [1.82, 2.24) is 20.4 Å². The van der Waals surface area contributed by atoms with E-state index < -0.39 is 0 Å². The Hall–Kier alpha value is -1.07. The van der Waals surface area contributed by atoms with Crippen LogP contribution in [0.1, 0.15) is 18.9 Å². The van der Waals surface area contributed by atoms with E-state index in [1.165, 1.54) is 18.7 Å². The first-order valence-corrected chi connectivity index (χ1v) is 6.52. The van der Waals surface area contributed by atoms with Crippen LogP contribution in [0, 0.1) is 5.92 Å². The fourth-order valence-electron chi connectivity index (χ4n) is 2.58. The molecule has 2 aliphatic rings. The van der Waals surface area contributed by atoms with E-state index in [0.717, 1.165) is 31.6 Å². The third kappa shape index (κ3) is 2.17. The van der Waals surface area contributed by atoms with Crippen molar-refractivity contribution in [1.29, 1.82) is 0 Å². The third-order valence-electron chi connectivity index (χ3n) is 3.99. The Morgan fingerprint density at radius 2 is 2.29 bits per heavy atom. The number of hydrogen-bond donors (Lipinski definition) is 3. The van der Waals surface area contributed by atoms with Gasteiger partial charge in [-0.2, -0.15) is 5.10 Å². The van der Waals surface area contributed by atoms with Gasteiger partial charge < -0.3 is 16.0 Å². The van der Waals surface area contributed by atoms with E-state index in [1.54, 1.807) is 0 Å². The third-order valence-corrected chi connectivity index (χ3v) is 3.99. The van der Waals surface area contributed by atoms with Crippen LogP contribution in [0.4, 0.5) is 5.82 Å². The van der Waals surface area contributed by atoms with Gasteiger partial charge in [-0.05, 0) is 25.8 Å². The molecule has 0 aromatic carbocycles. The van der Waals surface area contributed by atoms with Crippen LogP contribution in [0.3, 0.4) is 0 Å². The van der Waals surface area contributed by atoms with Crippen LogP contribution in [0.15, 0.2) is 12.3 Å². The minimum atomic E-state index is 0.541. The molecule has 17 heavy (non-hydrogen) atoms. The van der Waals surface area contributed by atoms with Crippen molar-refractivity contribution in [3.05, 3.63) is 12.3 Å². The van der Waals surface area contributed by atoms with Crippen LogP contribution in [0.25, 0.3) is 0 Å². The molecule has 1 aromatic rings. The molecule has 5 nitrogen and oxygen atoms in total. The Morgan fingerprint density at radius 3 is 2.94 bits per heavy atom. The highest BCUT2D eigenvalue weighted by Gasteiger charge is 2.28. The van der Waals surface area contributed by atoms with Crippen molar-refractivity contribution in [2.45, 2.75) is 24.9 Å². The maximum atomic E-state index is 4.39. The first kappa shape index (κ1) is 11.0. The number of rotatable bonds is 5. The van der Waals surface area contributed by atoms with Gasteiger partial charge in [0.2, 0.25) is 0 Å². The van der Waals surface area contributed by atoms with Gasteiger partial charge in [-0.25, -0.2) is 4.68 Å². The molecule has 1 aromatic heterocycles. The molecule has 0 atom stereocenters. The molecular formula is C12H21N5. The first-order valence-electron chi connectivity index (χ1n) is 6.52. The van der Waals surface area contributed by atoms with Crippen molar-refractivity contribution < 1.29 is 0 Å². The SMILES string of the molecule is CNC1CC(CNc2ccnn2C2CNC2)C1. The van der Waals surface area contributed by atoms with Gasteiger partial charge in [0, 0.05) is 31.7 Å². The summed E-state index contributed by atoms with van der Waals surface area (Å²) in [4.78, 5) is 0. The summed E-state index contributed by atoms with van der Waals surface area (Å²) in [5.74, 6) is 1.99. The van der Waals surface area contributed by atoms with Crippen LogP contribution in [-0.2, 0) is 0 Å². The molecule has 1 aliphatic carbocycles. The molecule has 0 spiro atoms. The lowest BCUT2D eigenvalue weighted by molar-refractivity contribution is 0.245. The smallest absolute Gasteiger partial charge is 0.124 e. The number of anilines is 1. The summed E-state index contributed by atoms with van der Waals surface area (Å²) in [6.07, 6.45) is 4.48. The largest absolute Gasteiger partial charge is 0.370 e. The van der Waals surface area contributed by atoms with Gasteiger partial charge in [-0.15, -0.1) is 0 Å². The Bertz CT molecular complexity index is 365. The van der Waals surface area contributed by atoms with Crippen molar-refractivity contribution in [3.8, 4) is 0 Å². The average Bonchev–Trinajstić information content (AvgIpc) is 2.62.